The monoisotopic (exact) mass is 409 g/mol. The van der Waals surface area contributed by atoms with E-state index in [9.17, 15) is 25.1 Å². The molecule has 10 heteroatoms. The lowest BCUT2D eigenvalue weighted by Gasteiger charge is -2.05. The number of phenols is 2. The number of hydrazone groups is 1. The molecule has 0 aliphatic carbocycles. The molecule has 1 amide bonds. The van der Waals surface area contributed by atoms with Gasteiger partial charge in [0.25, 0.3) is 11.6 Å². The van der Waals surface area contributed by atoms with E-state index in [4.69, 9.17) is 4.74 Å². The molecule has 0 bridgehead atoms. The number of nitro groups is 1. The van der Waals surface area contributed by atoms with Gasteiger partial charge in [0.1, 0.15) is 17.2 Å². The van der Waals surface area contributed by atoms with Gasteiger partial charge in [0, 0.05) is 23.8 Å². The van der Waals surface area contributed by atoms with Crippen LogP contribution in [0.5, 0.6) is 17.2 Å². The maximum Gasteiger partial charge on any atom is 0.275 e. The zero-order valence-electron chi connectivity index (χ0n) is 12.8. The fourth-order valence-corrected chi connectivity index (χ4v) is 2.32. The highest BCUT2D eigenvalue weighted by molar-refractivity contribution is 9.10. The van der Waals surface area contributed by atoms with Gasteiger partial charge in [0.15, 0.2) is 0 Å². The molecule has 0 saturated carbocycles. The Morgan fingerprint density at radius 3 is 2.68 bits per heavy atom. The Bertz CT molecular complexity index is 869. The highest BCUT2D eigenvalue weighted by atomic mass is 79.9. The number of hydrogen-bond acceptors (Lipinski definition) is 7. The van der Waals surface area contributed by atoms with E-state index in [2.05, 4.69) is 26.5 Å². The molecule has 3 N–H and O–H groups in total. The van der Waals surface area contributed by atoms with Crippen molar-refractivity contribution in [2.75, 3.05) is 7.11 Å². The van der Waals surface area contributed by atoms with Crippen LogP contribution >= 0.6 is 15.9 Å². The summed E-state index contributed by atoms with van der Waals surface area (Å²) in [6, 6.07) is 6.34. The normalized spacial score (nSPS) is 10.6. The second-order valence-electron chi connectivity index (χ2n) is 4.70. The molecule has 0 aromatic heterocycles. The first-order chi connectivity index (χ1) is 11.8. The molecule has 0 fully saturated rings. The van der Waals surface area contributed by atoms with Crippen LogP contribution in [0.25, 0.3) is 0 Å². The van der Waals surface area contributed by atoms with Crippen LogP contribution < -0.4 is 10.2 Å². The van der Waals surface area contributed by atoms with Crippen LogP contribution in [0.1, 0.15) is 15.9 Å². The third-order valence-corrected chi connectivity index (χ3v) is 3.71. The molecule has 0 aliphatic heterocycles. The molecule has 0 aliphatic rings. The number of nitro benzene ring substituents is 1. The van der Waals surface area contributed by atoms with Crippen molar-refractivity contribution in [1.82, 2.24) is 5.43 Å². The summed E-state index contributed by atoms with van der Waals surface area (Å²) >= 11 is 3.00. The quantitative estimate of drug-likeness (QED) is 0.394. The number of halogens is 1. The minimum absolute atomic E-state index is 0.0281. The van der Waals surface area contributed by atoms with Gasteiger partial charge in [-0.1, -0.05) is 0 Å². The molecule has 0 atom stereocenters. The second kappa shape index (κ2) is 7.62. The molecule has 0 saturated heterocycles. The maximum atomic E-state index is 12.0. The van der Waals surface area contributed by atoms with Crippen LogP contribution in [-0.4, -0.2) is 34.4 Å². The van der Waals surface area contributed by atoms with Gasteiger partial charge in [-0.2, -0.15) is 5.10 Å². The molecule has 2 aromatic rings. The number of hydrogen-bond donors (Lipinski definition) is 3. The third kappa shape index (κ3) is 4.23. The van der Waals surface area contributed by atoms with E-state index in [-0.39, 0.29) is 32.8 Å². The van der Waals surface area contributed by atoms with E-state index >= 15 is 0 Å². The summed E-state index contributed by atoms with van der Waals surface area (Å²) in [5.74, 6) is -0.895. The number of ether oxygens (including phenoxy) is 1. The van der Waals surface area contributed by atoms with E-state index in [1.807, 2.05) is 0 Å². The Morgan fingerprint density at radius 1 is 1.36 bits per heavy atom. The summed E-state index contributed by atoms with van der Waals surface area (Å²) in [5.41, 5.74) is 1.88. The molecule has 2 aromatic carbocycles. The zero-order chi connectivity index (χ0) is 18.6. The first-order valence-corrected chi connectivity index (χ1v) is 7.50. The largest absolute Gasteiger partial charge is 0.507 e. The smallest absolute Gasteiger partial charge is 0.275 e. The van der Waals surface area contributed by atoms with E-state index < -0.39 is 10.8 Å². The second-order valence-corrected chi connectivity index (χ2v) is 5.56. The predicted octanol–water partition coefficient (Wildman–Crippen LogP) is 2.54. The number of nitrogens with zero attached hydrogens (tertiary/aromatic N) is 2. The Kier molecular flexibility index (Phi) is 5.55. The van der Waals surface area contributed by atoms with Gasteiger partial charge in [-0.25, -0.2) is 5.43 Å². The van der Waals surface area contributed by atoms with Crippen LogP contribution in [0.2, 0.25) is 0 Å². The van der Waals surface area contributed by atoms with Crippen molar-refractivity contribution in [3.63, 3.8) is 0 Å². The predicted molar refractivity (Wildman–Crippen MR) is 92.2 cm³/mol. The number of amides is 1. The number of nitrogens with one attached hydrogen (secondary N) is 1. The summed E-state index contributed by atoms with van der Waals surface area (Å²) in [4.78, 5) is 22.2. The topological polar surface area (TPSA) is 134 Å². The lowest BCUT2D eigenvalue weighted by Crippen LogP contribution is -2.17. The number of carbonyl (C=O) groups is 1. The van der Waals surface area contributed by atoms with E-state index in [0.29, 0.717) is 5.75 Å². The summed E-state index contributed by atoms with van der Waals surface area (Å²) in [6.07, 6.45) is 1.05. The fraction of sp³-hybridized carbons (Fsp3) is 0.0667. The first-order valence-electron chi connectivity index (χ1n) is 6.70. The van der Waals surface area contributed by atoms with Crippen molar-refractivity contribution >= 4 is 33.7 Å². The highest BCUT2D eigenvalue weighted by Gasteiger charge is 2.14. The van der Waals surface area contributed by atoms with Crippen molar-refractivity contribution in [3.8, 4) is 17.2 Å². The molecule has 0 heterocycles. The number of carbonyl (C=O) groups excluding carboxylic acids is 1. The van der Waals surface area contributed by atoms with Gasteiger partial charge in [-0.05, 0) is 28.1 Å². The van der Waals surface area contributed by atoms with Gasteiger partial charge in [0.05, 0.1) is 28.3 Å². The van der Waals surface area contributed by atoms with Crippen LogP contribution in [-0.2, 0) is 0 Å². The van der Waals surface area contributed by atoms with Crippen LogP contribution in [0.15, 0.2) is 39.9 Å². The molecular formula is C15H12BrN3O6. The SMILES string of the molecule is COc1ccc(C(=O)N/N=C\c2cc([N+](=O)[O-])cc(Br)c2O)c(O)c1. The Balaban J connectivity index is 2.18. The van der Waals surface area contributed by atoms with Crippen molar-refractivity contribution in [1.29, 1.82) is 0 Å². The first kappa shape index (κ1) is 18.2. The molecule has 9 nitrogen and oxygen atoms in total. The van der Waals surface area contributed by atoms with Crippen molar-refractivity contribution in [3.05, 3.63) is 56.0 Å². The minimum atomic E-state index is -0.708. The van der Waals surface area contributed by atoms with Gasteiger partial charge in [-0.3, -0.25) is 14.9 Å². The molecule has 130 valence electrons. The molecule has 25 heavy (non-hydrogen) atoms. The van der Waals surface area contributed by atoms with E-state index in [1.54, 1.807) is 0 Å². The molecule has 0 spiro atoms. The van der Waals surface area contributed by atoms with E-state index in [0.717, 1.165) is 18.3 Å². The average molecular weight is 410 g/mol. The molecular weight excluding hydrogens is 398 g/mol. The van der Waals surface area contributed by atoms with Gasteiger partial charge in [0.2, 0.25) is 0 Å². The van der Waals surface area contributed by atoms with Crippen LogP contribution in [0, 0.1) is 10.1 Å². The highest BCUT2D eigenvalue weighted by Crippen LogP contribution is 2.31. The maximum absolute atomic E-state index is 12.0. The number of rotatable bonds is 5. The molecule has 0 unspecified atom stereocenters. The summed E-state index contributed by atoms with van der Waals surface area (Å²) < 4.78 is 5.03. The summed E-state index contributed by atoms with van der Waals surface area (Å²) in [5, 5.41) is 34.1. The minimum Gasteiger partial charge on any atom is -0.507 e. The van der Waals surface area contributed by atoms with Crippen molar-refractivity contribution in [2.45, 2.75) is 0 Å². The van der Waals surface area contributed by atoms with Gasteiger partial charge >= 0.3 is 0 Å². The number of benzene rings is 2. The number of aromatic hydroxyl groups is 2. The Morgan fingerprint density at radius 2 is 2.08 bits per heavy atom. The Hall–Kier alpha value is -3.14. The van der Waals surface area contributed by atoms with Crippen molar-refractivity contribution in [2.24, 2.45) is 5.10 Å². The van der Waals surface area contributed by atoms with Crippen molar-refractivity contribution < 1.29 is 24.7 Å². The van der Waals surface area contributed by atoms with Crippen LogP contribution in [0.4, 0.5) is 5.69 Å². The summed E-state index contributed by atoms with van der Waals surface area (Å²) in [7, 11) is 1.42. The number of phenolic OH excluding ortho intramolecular Hbond substituents is 2. The number of methoxy groups -OCH3 is 1. The third-order valence-electron chi connectivity index (χ3n) is 3.11. The average Bonchev–Trinajstić information content (AvgIpc) is 2.57. The molecule has 0 radical (unpaired) electrons. The van der Waals surface area contributed by atoms with Gasteiger partial charge < -0.3 is 14.9 Å². The standard InChI is InChI=1S/C15H12BrN3O6/c1-25-10-2-3-11(13(20)6-10)15(22)18-17-7-8-4-9(19(23)24)5-12(16)14(8)21/h2-7,20-21H,1H3,(H,18,22)/b17-7-. The summed E-state index contributed by atoms with van der Waals surface area (Å²) in [6.45, 7) is 0. The van der Waals surface area contributed by atoms with Crippen LogP contribution in [0.3, 0.4) is 0 Å². The lowest BCUT2D eigenvalue weighted by molar-refractivity contribution is -0.385. The number of non-ortho nitro benzene ring substituents is 1. The fourth-order valence-electron chi connectivity index (χ4n) is 1.86. The Labute approximate surface area is 149 Å². The molecule has 2 rings (SSSR count). The van der Waals surface area contributed by atoms with E-state index in [1.165, 1.54) is 25.3 Å². The zero-order valence-corrected chi connectivity index (χ0v) is 14.3. The van der Waals surface area contributed by atoms with Gasteiger partial charge in [-0.15, -0.1) is 0 Å². The lowest BCUT2D eigenvalue weighted by atomic mass is 10.2.